The van der Waals surface area contributed by atoms with Crippen LogP contribution in [-0.4, -0.2) is 5.11 Å². The minimum atomic E-state index is 0.321. The third-order valence-electron chi connectivity index (χ3n) is 3.26. The zero-order valence-electron chi connectivity index (χ0n) is 12.0. The number of hydrogen-bond acceptors (Lipinski definition) is 2. The van der Waals surface area contributed by atoms with Crippen LogP contribution in [0.3, 0.4) is 0 Å². The number of phenolic OH excluding ortho intramolecular Hbond substituents is 1. The molecule has 21 heavy (non-hydrogen) atoms. The van der Waals surface area contributed by atoms with Crippen LogP contribution in [0.25, 0.3) is 0 Å². The molecule has 0 aliphatic rings. The van der Waals surface area contributed by atoms with Gasteiger partial charge >= 0.3 is 0 Å². The summed E-state index contributed by atoms with van der Waals surface area (Å²) < 4.78 is 0. The van der Waals surface area contributed by atoms with Crippen molar-refractivity contribution in [3.8, 4) is 18.1 Å². The summed E-state index contributed by atoms with van der Waals surface area (Å²) in [6.07, 6.45) is 7.16. The van der Waals surface area contributed by atoms with Crippen LogP contribution in [-0.2, 0) is 13.0 Å². The fourth-order valence-corrected chi connectivity index (χ4v) is 2.49. The topological polar surface area (TPSA) is 32.3 Å². The van der Waals surface area contributed by atoms with Gasteiger partial charge in [0, 0.05) is 28.4 Å². The lowest BCUT2D eigenvalue weighted by atomic mass is 10.0. The van der Waals surface area contributed by atoms with Crippen molar-refractivity contribution in [2.24, 2.45) is 0 Å². The fourth-order valence-electron chi connectivity index (χ4n) is 2.23. The number of anilines is 1. The number of phenols is 1. The molecule has 0 amide bonds. The molecular weight excluding hydrogens is 282 g/mol. The summed E-state index contributed by atoms with van der Waals surface area (Å²) >= 11 is 6.12. The average Bonchev–Trinajstić information content (AvgIpc) is 2.49. The van der Waals surface area contributed by atoms with E-state index >= 15 is 0 Å². The molecule has 0 fully saturated rings. The van der Waals surface area contributed by atoms with E-state index in [0.29, 0.717) is 17.3 Å². The number of aromatic hydroxyl groups is 1. The Morgan fingerprint density at radius 3 is 2.71 bits per heavy atom. The van der Waals surface area contributed by atoms with Crippen LogP contribution < -0.4 is 5.32 Å². The molecule has 2 rings (SSSR count). The molecule has 0 spiro atoms. The smallest absolute Gasteiger partial charge is 0.123 e. The lowest BCUT2D eigenvalue weighted by molar-refractivity contribution is 0.461. The zero-order valence-corrected chi connectivity index (χ0v) is 12.7. The van der Waals surface area contributed by atoms with E-state index in [9.17, 15) is 5.11 Å². The summed E-state index contributed by atoms with van der Waals surface area (Å²) in [4.78, 5) is 0. The second-order valence-corrected chi connectivity index (χ2v) is 5.34. The lowest BCUT2D eigenvalue weighted by Crippen LogP contribution is -2.01. The van der Waals surface area contributed by atoms with E-state index in [1.165, 1.54) is 0 Å². The highest BCUT2D eigenvalue weighted by molar-refractivity contribution is 6.30. The molecule has 3 heteroatoms. The third-order valence-corrected chi connectivity index (χ3v) is 3.48. The van der Waals surface area contributed by atoms with Gasteiger partial charge < -0.3 is 10.4 Å². The number of halogens is 1. The van der Waals surface area contributed by atoms with Crippen LogP contribution >= 0.6 is 11.6 Å². The summed E-state index contributed by atoms with van der Waals surface area (Å²) in [6, 6.07) is 11.2. The van der Waals surface area contributed by atoms with Gasteiger partial charge in [-0.05, 0) is 42.3 Å². The first-order valence-corrected chi connectivity index (χ1v) is 7.32. The van der Waals surface area contributed by atoms with E-state index in [0.717, 1.165) is 35.2 Å². The number of rotatable bonds is 5. The zero-order chi connectivity index (χ0) is 15.2. The second kappa shape index (κ2) is 7.06. The molecule has 108 valence electrons. The Labute approximate surface area is 130 Å². The maximum Gasteiger partial charge on any atom is 0.123 e. The van der Waals surface area contributed by atoms with Crippen molar-refractivity contribution >= 4 is 17.3 Å². The Morgan fingerprint density at radius 2 is 2.00 bits per heavy atom. The summed E-state index contributed by atoms with van der Waals surface area (Å²) in [5.74, 6) is 2.92. The van der Waals surface area contributed by atoms with Crippen molar-refractivity contribution in [3.05, 3.63) is 58.1 Å². The SMILES string of the molecule is C#Cc1cccc(NCc2cc(Cl)cc(CCC)c2O)c1. The molecular formula is C18H18ClNO. The summed E-state index contributed by atoms with van der Waals surface area (Å²) in [5.41, 5.74) is 3.42. The monoisotopic (exact) mass is 299 g/mol. The van der Waals surface area contributed by atoms with E-state index < -0.39 is 0 Å². The Balaban J connectivity index is 2.18. The highest BCUT2D eigenvalue weighted by atomic mass is 35.5. The minimum absolute atomic E-state index is 0.321. The van der Waals surface area contributed by atoms with Crippen LogP contribution in [0.4, 0.5) is 5.69 Å². The van der Waals surface area contributed by atoms with Gasteiger partial charge in [-0.3, -0.25) is 0 Å². The van der Waals surface area contributed by atoms with Gasteiger partial charge in [0.1, 0.15) is 5.75 Å². The van der Waals surface area contributed by atoms with Gasteiger partial charge in [0.2, 0.25) is 0 Å². The maximum atomic E-state index is 10.3. The highest BCUT2D eigenvalue weighted by Crippen LogP contribution is 2.29. The van der Waals surface area contributed by atoms with Crippen LogP contribution in [0.5, 0.6) is 5.75 Å². The predicted molar refractivity (Wildman–Crippen MR) is 88.8 cm³/mol. The van der Waals surface area contributed by atoms with Crippen LogP contribution in [0.1, 0.15) is 30.0 Å². The molecule has 0 aromatic heterocycles. The van der Waals surface area contributed by atoms with Gasteiger partial charge in [-0.15, -0.1) is 6.42 Å². The first-order chi connectivity index (χ1) is 10.1. The van der Waals surface area contributed by atoms with Gasteiger partial charge in [0.25, 0.3) is 0 Å². The summed E-state index contributed by atoms with van der Waals surface area (Å²) in [6.45, 7) is 2.57. The Morgan fingerprint density at radius 1 is 1.24 bits per heavy atom. The van der Waals surface area contributed by atoms with Gasteiger partial charge in [-0.1, -0.05) is 36.9 Å². The fraction of sp³-hybridized carbons (Fsp3) is 0.222. The van der Waals surface area contributed by atoms with E-state index in [2.05, 4.69) is 18.2 Å². The van der Waals surface area contributed by atoms with Crippen molar-refractivity contribution < 1.29 is 5.11 Å². The molecule has 0 saturated heterocycles. The van der Waals surface area contributed by atoms with Crippen LogP contribution in [0.15, 0.2) is 36.4 Å². The van der Waals surface area contributed by atoms with E-state index in [1.807, 2.05) is 30.3 Å². The predicted octanol–water partition coefficient (Wildman–Crippen LogP) is 4.59. The first-order valence-electron chi connectivity index (χ1n) is 6.95. The first kappa shape index (κ1) is 15.3. The van der Waals surface area contributed by atoms with Crippen molar-refractivity contribution in [1.29, 1.82) is 0 Å². The number of benzene rings is 2. The molecule has 0 radical (unpaired) electrons. The molecule has 2 aromatic rings. The number of terminal acetylenes is 1. The third kappa shape index (κ3) is 3.93. The molecule has 0 saturated carbocycles. The van der Waals surface area contributed by atoms with Crippen LogP contribution in [0.2, 0.25) is 5.02 Å². The van der Waals surface area contributed by atoms with Crippen molar-refractivity contribution in [2.75, 3.05) is 5.32 Å². The van der Waals surface area contributed by atoms with Gasteiger partial charge in [0.15, 0.2) is 0 Å². The largest absolute Gasteiger partial charge is 0.507 e. The van der Waals surface area contributed by atoms with Gasteiger partial charge in [-0.25, -0.2) is 0 Å². The Kier molecular flexibility index (Phi) is 5.14. The van der Waals surface area contributed by atoms with E-state index in [4.69, 9.17) is 18.0 Å². The average molecular weight is 300 g/mol. The second-order valence-electron chi connectivity index (χ2n) is 4.90. The summed E-state index contributed by atoms with van der Waals surface area (Å²) in [7, 11) is 0. The molecule has 2 nitrogen and oxygen atoms in total. The summed E-state index contributed by atoms with van der Waals surface area (Å²) in [5, 5.41) is 14.2. The highest BCUT2D eigenvalue weighted by Gasteiger charge is 2.09. The van der Waals surface area contributed by atoms with Gasteiger partial charge in [-0.2, -0.15) is 0 Å². The molecule has 2 aromatic carbocycles. The molecule has 0 heterocycles. The molecule has 0 atom stereocenters. The van der Waals surface area contributed by atoms with Crippen molar-refractivity contribution in [2.45, 2.75) is 26.3 Å². The standard InChI is InChI=1S/C18H18ClNO/c1-3-6-14-10-16(19)11-15(18(14)21)12-20-17-8-5-7-13(4-2)9-17/h2,5,7-11,20-21H,3,6,12H2,1H3. The molecule has 2 N–H and O–H groups in total. The molecule has 0 unspecified atom stereocenters. The van der Waals surface area contributed by atoms with E-state index in [1.54, 1.807) is 6.07 Å². The van der Waals surface area contributed by atoms with Gasteiger partial charge in [0.05, 0.1) is 0 Å². The van der Waals surface area contributed by atoms with Crippen molar-refractivity contribution in [1.82, 2.24) is 0 Å². The number of hydrogen-bond donors (Lipinski definition) is 2. The van der Waals surface area contributed by atoms with E-state index in [-0.39, 0.29) is 0 Å². The lowest BCUT2D eigenvalue weighted by Gasteiger charge is -2.12. The quantitative estimate of drug-likeness (QED) is 0.791. The number of nitrogens with one attached hydrogen (secondary N) is 1. The number of aryl methyl sites for hydroxylation is 1. The van der Waals surface area contributed by atoms with Crippen LogP contribution in [0, 0.1) is 12.3 Å². The molecule has 0 bridgehead atoms. The maximum absolute atomic E-state index is 10.3. The minimum Gasteiger partial charge on any atom is -0.507 e. The Hall–Kier alpha value is -2.11. The van der Waals surface area contributed by atoms with Crippen molar-refractivity contribution in [3.63, 3.8) is 0 Å². The normalized spacial score (nSPS) is 10.1. The molecule has 0 aliphatic carbocycles. The Bertz CT molecular complexity index is 673. The molecule has 0 aliphatic heterocycles.